The second kappa shape index (κ2) is 9.23. The van der Waals surface area contributed by atoms with Crippen molar-refractivity contribution < 1.29 is 0 Å². The molecule has 1 rings (SSSR count). The molecule has 0 aromatic heterocycles. The molecule has 0 heterocycles. The summed E-state index contributed by atoms with van der Waals surface area (Å²) < 4.78 is 0. The van der Waals surface area contributed by atoms with E-state index in [2.05, 4.69) is 56.2 Å². The van der Waals surface area contributed by atoms with Crippen LogP contribution in [0.4, 0.5) is 0 Å². The first kappa shape index (κ1) is 17.3. The molecule has 0 fully saturated rings. The summed E-state index contributed by atoms with van der Waals surface area (Å²) in [6.45, 7) is 17.1. The van der Waals surface area contributed by atoms with Gasteiger partial charge in [0.15, 0.2) is 0 Å². The molecule has 0 radical (unpaired) electrons. The zero-order valence-electron chi connectivity index (χ0n) is 13.6. The van der Waals surface area contributed by atoms with E-state index < -0.39 is 0 Å². The summed E-state index contributed by atoms with van der Waals surface area (Å²) in [6.07, 6.45) is 6.20. The van der Waals surface area contributed by atoms with E-state index in [0.29, 0.717) is 5.92 Å². The Morgan fingerprint density at radius 3 is 2.43 bits per heavy atom. The van der Waals surface area contributed by atoms with Crippen molar-refractivity contribution in [1.29, 1.82) is 0 Å². The summed E-state index contributed by atoms with van der Waals surface area (Å²) >= 11 is 0. The maximum atomic E-state index is 4.05. The second-order valence-electron chi connectivity index (χ2n) is 5.65. The van der Waals surface area contributed by atoms with Gasteiger partial charge in [0.05, 0.1) is 0 Å². The first-order valence-electron chi connectivity index (χ1n) is 7.86. The smallest absolute Gasteiger partial charge is 0.0149 e. The van der Waals surface area contributed by atoms with E-state index in [1.807, 2.05) is 13.0 Å². The fraction of sp³-hybridized carbons (Fsp3) is 0.400. The molecule has 0 spiro atoms. The van der Waals surface area contributed by atoms with E-state index in [9.17, 15) is 0 Å². The van der Waals surface area contributed by atoms with Gasteiger partial charge in [-0.1, -0.05) is 56.0 Å². The molecule has 1 nitrogen and oxygen atoms in total. The van der Waals surface area contributed by atoms with Gasteiger partial charge in [0.25, 0.3) is 0 Å². The molecule has 1 heteroatoms. The summed E-state index contributed by atoms with van der Waals surface area (Å²) in [5.74, 6) is 0.601. The Hall–Kier alpha value is -1.76. The normalized spacial score (nSPS) is 11.7. The van der Waals surface area contributed by atoms with E-state index in [1.54, 1.807) is 0 Å². The molecule has 1 N–H and O–H groups in total. The molecule has 1 aromatic carbocycles. The Kier molecular flexibility index (Phi) is 7.60. The Morgan fingerprint density at radius 2 is 1.90 bits per heavy atom. The van der Waals surface area contributed by atoms with Crippen molar-refractivity contribution in [2.75, 3.05) is 6.54 Å². The van der Waals surface area contributed by atoms with Gasteiger partial charge in [-0.25, -0.2) is 0 Å². The Labute approximate surface area is 130 Å². The van der Waals surface area contributed by atoms with Crippen LogP contribution in [0, 0.1) is 0 Å². The number of hydrogen-bond acceptors (Lipinski definition) is 1. The van der Waals surface area contributed by atoms with Crippen LogP contribution in [0.3, 0.4) is 0 Å². The molecule has 0 saturated heterocycles. The summed E-state index contributed by atoms with van der Waals surface area (Å²) in [5, 5.41) is 3.43. The minimum absolute atomic E-state index is 0.601. The molecular weight excluding hydrogens is 254 g/mol. The lowest BCUT2D eigenvalue weighted by Gasteiger charge is -2.17. The highest BCUT2D eigenvalue weighted by molar-refractivity contribution is 5.61. The molecule has 0 saturated carbocycles. The molecule has 0 amide bonds. The molecule has 0 aliphatic carbocycles. The van der Waals surface area contributed by atoms with Crippen LogP contribution in [0.15, 0.2) is 55.8 Å². The highest BCUT2D eigenvalue weighted by Gasteiger charge is 2.09. The predicted octanol–water partition coefficient (Wildman–Crippen LogP) is 5.67. The van der Waals surface area contributed by atoms with Gasteiger partial charge in [0.2, 0.25) is 0 Å². The van der Waals surface area contributed by atoms with Crippen LogP contribution in [0.5, 0.6) is 0 Å². The van der Waals surface area contributed by atoms with Crippen LogP contribution in [0.1, 0.15) is 56.6 Å². The average Bonchev–Trinajstić information content (AvgIpc) is 2.49. The Balaban J connectivity index is 2.49. The molecule has 0 bridgehead atoms. The van der Waals surface area contributed by atoms with Crippen molar-refractivity contribution in [2.45, 2.75) is 45.4 Å². The topological polar surface area (TPSA) is 12.0 Å². The van der Waals surface area contributed by atoms with Crippen molar-refractivity contribution >= 4 is 5.57 Å². The highest BCUT2D eigenvalue weighted by Crippen LogP contribution is 2.24. The Morgan fingerprint density at radius 1 is 1.24 bits per heavy atom. The zero-order chi connectivity index (χ0) is 15.7. The zero-order valence-corrected chi connectivity index (χ0v) is 13.6. The quantitative estimate of drug-likeness (QED) is 0.545. The van der Waals surface area contributed by atoms with Crippen molar-refractivity contribution in [3.05, 3.63) is 66.9 Å². The monoisotopic (exact) mass is 283 g/mol. The maximum absolute atomic E-state index is 4.05. The Bertz CT molecular complexity index is 467. The third kappa shape index (κ3) is 6.03. The molecule has 1 unspecified atom stereocenters. The summed E-state index contributed by atoms with van der Waals surface area (Å²) in [7, 11) is 0. The van der Waals surface area contributed by atoms with E-state index >= 15 is 0 Å². The number of hydrogen-bond donors (Lipinski definition) is 1. The van der Waals surface area contributed by atoms with Gasteiger partial charge in [-0.15, -0.1) is 6.58 Å². The van der Waals surface area contributed by atoms with Gasteiger partial charge < -0.3 is 5.32 Å². The highest BCUT2D eigenvalue weighted by atomic mass is 14.9. The van der Waals surface area contributed by atoms with Gasteiger partial charge in [-0.05, 0) is 49.7 Å². The SMILES string of the molecule is C=CCCC(=C)NCCC(CC)c1ccc(C(=C)C)cc1. The number of allylic oxidation sites excluding steroid dienone is 3. The predicted molar refractivity (Wildman–Crippen MR) is 95.4 cm³/mol. The fourth-order valence-corrected chi connectivity index (χ4v) is 2.43. The third-order valence-electron chi connectivity index (χ3n) is 3.89. The van der Waals surface area contributed by atoms with Crippen LogP contribution in [0.25, 0.3) is 5.57 Å². The van der Waals surface area contributed by atoms with E-state index in [1.165, 1.54) is 11.1 Å². The van der Waals surface area contributed by atoms with Crippen LogP contribution >= 0.6 is 0 Å². The maximum Gasteiger partial charge on any atom is 0.0149 e. The molecular formula is C20H29N. The third-order valence-corrected chi connectivity index (χ3v) is 3.89. The summed E-state index contributed by atoms with van der Waals surface area (Å²) in [4.78, 5) is 0. The standard InChI is InChI=1S/C20H29N/c1-6-8-9-17(5)21-15-14-18(7-2)20-12-10-19(11-13-20)16(3)4/h6,10-13,18,21H,1,3,5,7-9,14-15H2,2,4H3. The average molecular weight is 283 g/mol. The van der Waals surface area contributed by atoms with E-state index in [-0.39, 0.29) is 0 Å². The summed E-state index contributed by atoms with van der Waals surface area (Å²) in [5.41, 5.74) is 4.88. The molecule has 0 aliphatic heterocycles. The van der Waals surface area contributed by atoms with Crippen LogP contribution in [-0.4, -0.2) is 6.54 Å². The van der Waals surface area contributed by atoms with Gasteiger partial charge in [-0.2, -0.15) is 0 Å². The van der Waals surface area contributed by atoms with Crippen LogP contribution < -0.4 is 5.32 Å². The van der Waals surface area contributed by atoms with Crippen molar-refractivity contribution in [2.24, 2.45) is 0 Å². The van der Waals surface area contributed by atoms with E-state index in [4.69, 9.17) is 0 Å². The van der Waals surface area contributed by atoms with Crippen molar-refractivity contribution in [3.8, 4) is 0 Å². The van der Waals surface area contributed by atoms with Gasteiger partial charge in [0.1, 0.15) is 0 Å². The number of rotatable bonds is 10. The lowest BCUT2D eigenvalue weighted by molar-refractivity contribution is 0.576. The fourth-order valence-electron chi connectivity index (χ4n) is 2.43. The number of nitrogens with one attached hydrogen (secondary N) is 1. The molecule has 114 valence electrons. The lowest BCUT2D eigenvalue weighted by atomic mass is 9.92. The molecule has 1 aromatic rings. The minimum atomic E-state index is 0.601. The molecule has 21 heavy (non-hydrogen) atoms. The van der Waals surface area contributed by atoms with Gasteiger partial charge in [0, 0.05) is 12.2 Å². The van der Waals surface area contributed by atoms with Gasteiger partial charge >= 0.3 is 0 Å². The van der Waals surface area contributed by atoms with E-state index in [0.717, 1.165) is 43.5 Å². The van der Waals surface area contributed by atoms with Crippen molar-refractivity contribution in [1.82, 2.24) is 5.32 Å². The largest absolute Gasteiger partial charge is 0.389 e. The summed E-state index contributed by atoms with van der Waals surface area (Å²) in [6, 6.07) is 8.84. The van der Waals surface area contributed by atoms with Crippen LogP contribution in [0.2, 0.25) is 0 Å². The lowest BCUT2D eigenvalue weighted by Crippen LogP contribution is -2.16. The second-order valence-corrected chi connectivity index (χ2v) is 5.65. The molecule has 0 aliphatic rings. The van der Waals surface area contributed by atoms with Crippen LogP contribution in [-0.2, 0) is 0 Å². The van der Waals surface area contributed by atoms with Gasteiger partial charge in [-0.3, -0.25) is 0 Å². The number of benzene rings is 1. The minimum Gasteiger partial charge on any atom is -0.389 e. The van der Waals surface area contributed by atoms with Crippen molar-refractivity contribution in [3.63, 3.8) is 0 Å². The molecule has 1 atom stereocenters. The first-order valence-corrected chi connectivity index (χ1v) is 7.86. The first-order chi connectivity index (χ1) is 10.1.